The molecule has 5 heteroatoms. The highest BCUT2D eigenvalue weighted by Gasteiger charge is 2.08. The predicted molar refractivity (Wildman–Crippen MR) is 94.3 cm³/mol. The molecule has 1 aromatic carbocycles. The number of aryl methyl sites for hydroxylation is 1. The average Bonchev–Trinajstić information content (AvgIpc) is 2.52. The van der Waals surface area contributed by atoms with Crippen LogP contribution in [0, 0.1) is 13.8 Å². The second-order valence-corrected chi connectivity index (χ2v) is 5.89. The Morgan fingerprint density at radius 1 is 1.22 bits per heavy atom. The van der Waals surface area contributed by atoms with Gasteiger partial charge in [0.25, 0.3) is 5.91 Å². The number of carbonyl (C=O) groups excluding carboxylic acids is 1. The maximum absolute atomic E-state index is 12.2. The molecular formula is C18H24N4O. The standard InChI is InChI=1S/C18H24N4O/c1-13-6-5-7-17(14(13)2)21-16-10-15(11-19-12-16)18(23)20-8-9-22(3)4/h5-7,10-12,21H,8-9H2,1-4H3,(H,20,23). The predicted octanol–water partition coefficient (Wildman–Crippen LogP) is 2.73. The van der Waals surface area contributed by atoms with E-state index >= 15 is 0 Å². The van der Waals surface area contributed by atoms with Crippen molar-refractivity contribution in [2.75, 3.05) is 32.5 Å². The van der Waals surface area contributed by atoms with Crippen molar-refractivity contribution in [3.8, 4) is 0 Å². The van der Waals surface area contributed by atoms with Gasteiger partial charge >= 0.3 is 0 Å². The molecule has 0 spiro atoms. The molecule has 1 heterocycles. The normalized spacial score (nSPS) is 10.7. The molecule has 0 unspecified atom stereocenters. The minimum absolute atomic E-state index is 0.107. The van der Waals surface area contributed by atoms with Crippen molar-refractivity contribution >= 4 is 17.3 Å². The van der Waals surface area contributed by atoms with Crippen molar-refractivity contribution in [3.63, 3.8) is 0 Å². The number of likely N-dealkylation sites (N-methyl/N-ethyl adjacent to an activating group) is 1. The number of carbonyl (C=O) groups is 1. The molecule has 1 amide bonds. The van der Waals surface area contributed by atoms with Gasteiger partial charge in [-0.05, 0) is 51.2 Å². The summed E-state index contributed by atoms with van der Waals surface area (Å²) >= 11 is 0. The Balaban J connectivity index is 2.07. The number of nitrogens with one attached hydrogen (secondary N) is 2. The Bertz CT molecular complexity index is 682. The smallest absolute Gasteiger partial charge is 0.252 e. The summed E-state index contributed by atoms with van der Waals surface area (Å²) in [5.41, 5.74) is 4.80. The summed E-state index contributed by atoms with van der Waals surface area (Å²) in [5, 5.41) is 6.23. The monoisotopic (exact) mass is 312 g/mol. The number of aromatic nitrogens is 1. The Kier molecular flexibility index (Phi) is 5.71. The molecule has 0 bridgehead atoms. The minimum Gasteiger partial charge on any atom is -0.354 e. The van der Waals surface area contributed by atoms with Gasteiger partial charge in [0.2, 0.25) is 0 Å². The van der Waals surface area contributed by atoms with E-state index in [1.165, 1.54) is 11.1 Å². The summed E-state index contributed by atoms with van der Waals surface area (Å²) in [7, 11) is 3.95. The summed E-state index contributed by atoms with van der Waals surface area (Å²) in [6, 6.07) is 7.93. The molecular weight excluding hydrogens is 288 g/mol. The molecule has 2 N–H and O–H groups in total. The SMILES string of the molecule is Cc1cccc(Nc2cncc(C(=O)NCCN(C)C)c2)c1C. The average molecular weight is 312 g/mol. The summed E-state index contributed by atoms with van der Waals surface area (Å²) in [4.78, 5) is 18.3. The summed E-state index contributed by atoms with van der Waals surface area (Å²) in [5.74, 6) is -0.107. The van der Waals surface area contributed by atoms with Gasteiger partial charge in [-0.3, -0.25) is 9.78 Å². The quantitative estimate of drug-likeness (QED) is 0.861. The molecule has 0 atom stereocenters. The van der Waals surface area contributed by atoms with E-state index in [4.69, 9.17) is 0 Å². The minimum atomic E-state index is -0.107. The van der Waals surface area contributed by atoms with Crippen molar-refractivity contribution in [1.29, 1.82) is 0 Å². The van der Waals surface area contributed by atoms with Gasteiger partial charge in [0, 0.05) is 25.0 Å². The molecule has 2 aromatic rings. The fraction of sp³-hybridized carbons (Fsp3) is 0.333. The first-order valence-corrected chi connectivity index (χ1v) is 7.68. The third-order valence-electron chi connectivity index (χ3n) is 3.73. The van der Waals surface area contributed by atoms with Crippen molar-refractivity contribution < 1.29 is 4.79 Å². The number of hydrogen-bond acceptors (Lipinski definition) is 4. The zero-order chi connectivity index (χ0) is 16.8. The number of hydrogen-bond donors (Lipinski definition) is 2. The third-order valence-corrected chi connectivity index (χ3v) is 3.73. The van der Waals surface area contributed by atoms with E-state index in [2.05, 4.69) is 35.5 Å². The van der Waals surface area contributed by atoms with Gasteiger partial charge in [0.05, 0.1) is 17.4 Å². The van der Waals surface area contributed by atoms with Crippen molar-refractivity contribution in [3.05, 3.63) is 53.3 Å². The molecule has 0 radical (unpaired) electrons. The molecule has 0 aliphatic heterocycles. The number of benzene rings is 1. The maximum Gasteiger partial charge on any atom is 0.252 e. The number of pyridine rings is 1. The van der Waals surface area contributed by atoms with Gasteiger partial charge in [-0.15, -0.1) is 0 Å². The molecule has 1 aromatic heterocycles. The summed E-state index contributed by atoms with van der Waals surface area (Å²) < 4.78 is 0. The number of anilines is 2. The number of nitrogens with zero attached hydrogens (tertiary/aromatic N) is 2. The fourth-order valence-electron chi connectivity index (χ4n) is 2.17. The van der Waals surface area contributed by atoms with Crippen LogP contribution >= 0.6 is 0 Å². The van der Waals surface area contributed by atoms with Crippen LogP contribution < -0.4 is 10.6 Å². The number of amides is 1. The summed E-state index contributed by atoms with van der Waals surface area (Å²) in [6.07, 6.45) is 3.30. The highest BCUT2D eigenvalue weighted by molar-refractivity contribution is 5.94. The van der Waals surface area contributed by atoms with Gasteiger partial charge < -0.3 is 15.5 Å². The van der Waals surface area contributed by atoms with Crippen LogP contribution in [0.5, 0.6) is 0 Å². The first-order chi connectivity index (χ1) is 11.0. The van der Waals surface area contributed by atoms with Gasteiger partial charge in [0.15, 0.2) is 0 Å². The molecule has 2 rings (SSSR count). The van der Waals surface area contributed by atoms with Crippen LogP contribution in [0.2, 0.25) is 0 Å². The fourth-order valence-corrected chi connectivity index (χ4v) is 2.17. The number of rotatable bonds is 6. The highest BCUT2D eigenvalue weighted by atomic mass is 16.1. The molecule has 23 heavy (non-hydrogen) atoms. The maximum atomic E-state index is 12.2. The zero-order valence-corrected chi connectivity index (χ0v) is 14.2. The van der Waals surface area contributed by atoms with Crippen LogP contribution in [0.25, 0.3) is 0 Å². The van der Waals surface area contributed by atoms with Crippen LogP contribution in [-0.2, 0) is 0 Å². The van der Waals surface area contributed by atoms with Gasteiger partial charge in [-0.2, -0.15) is 0 Å². The van der Waals surface area contributed by atoms with E-state index in [0.717, 1.165) is 17.9 Å². The van der Waals surface area contributed by atoms with Crippen LogP contribution in [0.1, 0.15) is 21.5 Å². The third kappa shape index (κ3) is 4.79. The van der Waals surface area contributed by atoms with Crippen molar-refractivity contribution in [1.82, 2.24) is 15.2 Å². The largest absolute Gasteiger partial charge is 0.354 e. The van der Waals surface area contributed by atoms with E-state index in [-0.39, 0.29) is 5.91 Å². The highest BCUT2D eigenvalue weighted by Crippen LogP contribution is 2.22. The van der Waals surface area contributed by atoms with Crippen molar-refractivity contribution in [2.45, 2.75) is 13.8 Å². The Morgan fingerprint density at radius 3 is 2.74 bits per heavy atom. The lowest BCUT2D eigenvalue weighted by Gasteiger charge is -2.13. The zero-order valence-electron chi connectivity index (χ0n) is 14.2. The second-order valence-electron chi connectivity index (χ2n) is 5.89. The topological polar surface area (TPSA) is 57.3 Å². The Labute approximate surface area is 137 Å². The van der Waals surface area contributed by atoms with Gasteiger partial charge in [-0.1, -0.05) is 12.1 Å². The molecule has 0 saturated carbocycles. The lowest BCUT2D eigenvalue weighted by atomic mass is 10.1. The van der Waals surface area contributed by atoms with Crippen LogP contribution in [0.3, 0.4) is 0 Å². The van der Waals surface area contributed by atoms with E-state index in [0.29, 0.717) is 12.1 Å². The van der Waals surface area contributed by atoms with E-state index in [1.54, 1.807) is 12.4 Å². The van der Waals surface area contributed by atoms with E-state index in [1.807, 2.05) is 37.2 Å². The molecule has 0 aliphatic carbocycles. The Hall–Kier alpha value is -2.40. The van der Waals surface area contributed by atoms with Gasteiger partial charge in [-0.25, -0.2) is 0 Å². The summed E-state index contributed by atoms with van der Waals surface area (Å²) in [6.45, 7) is 5.57. The van der Waals surface area contributed by atoms with Crippen LogP contribution in [0.15, 0.2) is 36.7 Å². The van der Waals surface area contributed by atoms with E-state index in [9.17, 15) is 4.79 Å². The molecule has 0 saturated heterocycles. The molecule has 5 nitrogen and oxygen atoms in total. The first-order valence-electron chi connectivity index (χ1n) is 7.68. The second kappa shape index (κ2) is 7.74. The van der Waals surface area contributed by atoms with Crippen LogP contribution in [-0.4, -0.2) is 43.0 Å². The molecule has 0 aliphatic rings. The first kappa shape index (κ1) is 17.0. The van der Waals surface area contributed by atoms with Crippen LogP contribution in [0.4, 0.5) is 11.4 Å². The van der Waals surface area contributed by atoms with Crippen molar-refractivity contribution in [2.24, 2.45) is 0 Å². The van der Waals surface area contributed by atoms with Gasteiger partial charge in [0.1, 0.15) is 0 Å². The molecule has 122 valence electrons. The lowest BCUT2D eigenvalue weighted by Crippen LogP contribution is -2.31. The lowest BCUT2D eigenvalue weighted by molar-refractivity contribution is 0.0950. The Morgan fingerprint density at radius 2 is 2.00 bits per heavy atom. The molecule has 0 fully saturated rings. The van der Waals surface area contributed by atoms with E-state index < -0.39 is 0 Å².